The molecular formula is C11H17N5O3S2. The predicted octanol–water partition coefficient (Wildman–Crippen LogP) is 0.370. The summed E-state index contributed by atoms with van der Waals surface area (Å²) in [5, 5.41) is 4.53. The highest BCUT2D eigenvalue weighted by atomic mass is 32.2. The summed E-state index contributed by atoms with van der Waals surface area (Å²) in [6.07, 6.45) is 1.52. The van der Waals surface area contributed by atoms with E-state index < -0.39 is 21.5 Å². The van der Waals surface area contributed by atoms with Crippen molar-refractivity contribution in [3.63, 3.8) is 0 Å². The number of nitrogens with one attached hydrogen (secondary N) is 2. The number of aromatic nitrogens is 2. The lowest BCUT2D eigenvalue weighted by Gasteiger charge is -2.24. The summed E-state index contributed by atoms with van der Waals surface area (Å²) in [6, 6.07) is 0. The van der Waals surface area contributed by atoms with Crippen LogP contribution >= 0.6 is 11.3 Å². The number of anilines is 1. The molecule has 0 unspecified atom stereocenters. The number of hydrogen-bond acceptors (Lipinski definition) is 6. The molecule has 116 valence electrons. The number of amides is 1. The predicted molar refractivity (Wildman–Crippen MR) is 80.8 cm³/mol. The lowest BCUT2D eigenvalue weighted by Crippen LogP contribution is -2.46. The van der Waals surface area contributed by atoms with Crippen molar-refractivity contribution in [2.24, 2.45) is 5.73 Å². The SMILES string of the molecule is CNc1nc2sccn2c1S(=O)(=O)NC(C)(C)CC(N)=O. The number of nitrogens with zero attached hydrogens (tertiary/aromatic N) is 2. The minimum absolute atomic E-state index is 0.0128. The summed E-state index contributed by atoms with van der Waals surface area (Å²) in [5.41, 5.74) is 4.15. The van der Waals surface area contributed by atoms with E-state index in [9.17, 15) is 13.2 Å². The molecule has 0 aliphatic carbocycles. The zero-order chi connectivity index (χ0) is 15.8. The van der Waals surface area contributed by atoms with Crippen LogP contribution in [0.2, 0.25) is 0 Å². The van der Waals surface area contributed by atoms with Crippen LogP contribution in [-0.2, 0) is 14.8 Å². The first kappa shape index (κ1) is 15.7. The third-order valence-electron chi connectivity index (χ3n) is 2.74. The second kappa shape index (κ2) is 5.28. The Morgan fingerprint density at radius 2 is 2.19 bits per heavy atom. The zero-order valence-electron chi connectivity index (χ0n) is 11.9. The van der Waals surface area contributed by atoms with Gasteiger partial charge in [-0.1, -0.05) is 0 Å². The molecule has 2 heterocycles. The van der Waals surface area contributed by atoms with Crippen molar-refractivity contribution in [3.05, 3.63) is 11.6 Å². The van der Waals surface area contributed by atoms with Gasteiger partial charge in [0.15, 0.2) is 15.8 Å². The molecule has 0 bridgehead atoms. The summed E-state index contributed by atoms with van der Waals surface area (Å²) >= 11 is 1.33. The Morgan fingerprint density at radius 3 is 2.76 bits per heavy atom. The molecule has 0 spiro atoms. The van der Waals surface area contributed by atoms with Gasteiger partial charge in [-0.05, 0) is 13.8 Å². The third-order valence-corrected chi connectivity index (χ3v) is 5.21. The van der Waals surface area contributed by atoms with Crippen LogP contribution < -0.4 is 15.8 Å². The van der Waals surface area contributed by atoms with Gasteiger partial charge in [-0.25, -0.2) is 18.1 Å². The van der Waals surface area contributed by atoms with E-state index in [4.69, 9.17) is 5.73 Å². The standard InChI is InChI=1S/C11H17N5O3S2/c1-11(2,6-7(12)17)15-21(18,19)9-8(13-3)14-10-16(9)4-5-20-10/h4-5,13,15H,6H2,1-3H3,(H2,12,17). The lowest BCUT2D eigenvalue weighted by molar-refractivity contribution is -0.119. The molecule has 0 radical (unpaired) electrons. The maximum Gasteiger partial charge on any atom is 0.260 e. The van der Waals surface area contributed by atoms with E-state index in [1.54, 1.807) is 32.5 Å². The van der Waals surface area contributed by atoms with Gasteiger partial charge in [-0.3, -0.25) is 9.20 Å². The molecule has 1 amide bonds. The van der Waals surface area contributed by atoms with Gasteiger partial charge in [0.25, 0.3) is 10.0 Å². The molecule has 21 heavy (non-hydrogen) atoms. The van der Waals surface area contributed by atoms with Gasteiger partial charge in [0.2, 0.25) is 5.91 Å². The molecule has 0 aliphatic heterocycles. The van der Waals surface area contributed by atoms with E-state index in [2.05, 4.69) is 15.0 Å². The van der Waals surface area contributed by atoms with Crippen molar-refractivity contribution in [2.45, 2.75) is 30.8 Å². The Balaban J connectivity index is 2.46. The highest BCUT2D eigenvalue weighted by Crippen LogP contribution is 2.26. The molecule has 0 aromatic carbocycles. The zero-order valence-corrected chi connectivity index (χ0v) is 13.5. The van der Waals surface area contributed by atoms with E-state index in [1.807, 2.05) is 0 Å². The average molecular weight is 331 g/mol. The lowest BCUT2D eigenvalue weighted by atomic mass is 10.0. The van der Waals surface area contributed by atoms with Crippen molar-refractivity contribution < 1.29 is 13.2 Å². The molecule has 2 rings (SSSR count). The number of hydrogen-bond donors (Lipinski definition) is 3. The van der Waals surface area contributed by atoms with Gasteiger partial charge in [0.1, 0.15) is 0 Å². The average Bonchev–Trinajstić information content (AvgIpc) is 2.82. The van der Waals surface area contributed by atoms with Crippen LogP contribution in [0, 0.1) is 0 Å². The van der Waals surface area contributed by atoms with Crippen LogP contribution in [0.1, 0.15) is 20.3 Å². The largest absolute Gasteiger partial charge is 0.371 e. The van der Waals surface area contributed by atoms with Gasteiger partial charge >= 0.3 is 0 Å². The number of thiazole rings is 1. The molecule has 8 nitrogen and oxygen atoms in total. The highest BCUT2D eigenvalue weighted by molar-refractivity contribution is 7.89. The van der Waals surface area contributed by atoms with Gasteiger partial charge in [-0.2, -0.15) is 0 Å². The van der Waals surface area contributed by atoms with E-state index >= 15 is 0 Å². The van der Waals surface area contributed by atoms with Crippen LogP contribution in [0.3, 0.4) is 0 Å². The van der Waals surface area contributed by atoms with E-state index in [1.165, 1.54) is 15.7 Å². The minimum atomic E-state index is -3.87. The van der Waals surface area contributed by atoms with Crippen LogP contribution in [-0.4, -0.2) is 36.3 Å². The van der Waals surface area contributed by atoms with E-state index in [-0.39, 0.29) is 17.3 Å². The summed E-state index contributed by atoms with van der Waals surface area (Å²) in [5.74, 6) is -0.324. The van der Waals surface area contributed by atoms with Crippen molar-refractivity contribution in [2.75, 3.05) is 12.4 Å². The highest BCUT2D eigenvalue weighted by Gasteiger charge is 2.32. The smallest absolute Gasteiger partial charge is 0.260 e. The Hall–Kier alpha value is -1.65. The second-order valence-electron chi connectivity index (χ2n) is 5.20. The summed E-state index contributed by atoms with van der Waals surface area (Å²) in [7, 11) is -2.28. The van der Waals surface area contributed by atoms with Crippen molar-refractivity contribution in [1.29, 1.82) is 0 Å². The second-order valence-corrected chi connectivity index (χ2v) is 7.67. The number of carbonyl (C=O) groups is 1. The fourth-order valence-corrected chi connectivity index (χ4v) is 4.54. The molecule has 4 N–H and O–H groups in total. The molecule has 0 saturated heterocycles. The third kappa shape index (κ3) is 3.17. The topological polar surface area (TPSA) is 119 Å². The van der Waals surface area contributed by atoms with Gasteiger partial charge in [-0.15, -0.1) is 11.3 Å². The monoisotopic (exact) mass is 331 g/mol. The van der Waals surface area contributed by atoms with Crippen molar-refractivity contribution in [3.8, 4) is 0 Å². The summed E-state index contributed by atoms with van der Waals surface area (Å²) in [4.78, 5) is 15.8. The normalized spacial score (nSPS) is 12.7. The van der Waals surface area contributed by atoms with Crippen LogP contribution in [0.5, 0.6) is 0 Å². The molecular weight excluding hydrogens is 314 g/mol. The van der Waals surface area contributed by atoms with E-state index in [0.29, 0.717) is 4.96 Å². The van der Waals surface area contributed by atoms with Gasteiger partial charge in [0, 0.05) is 30.6 Å². The Bertz CT molecular complexity index is 775. The van der Waals surface area contributed by atoms with Crippen molar-refractivity contribution >= 4 is 38.0 Å². The Labute approximate surface area is 126 Å². The van der Waals surface area contributed by atoms with Gasteiger partial charge < -0.3 is 11.1 Å². The maximum atomic E-state index is 12.6. The van der Waals surface area contributed by atoms with Crippen molar-refractivity contribution in [1.82, 2.24) is 14.1 Å². The first-order valence-electron chi connectivity index (χ1n) is 6.12. The number of nitrogens with two attached hydrogens (primary N) is 1. The first-order chi connectivity index (χ1) is 9.66. The fourth-order valence-electron chi connectivity index (χ4n) is 2.07. The van der Waals surface area contributed by atoms with Gasteiger partial charge in [0.05, 0.1) is 0 Å². The van der Waals surface area contributed by atoms with Crippen LogP contribution in [0.15, 0.2) is 16.6 Å². The van der Waals surface area contributed by atoms with Crippen LogP contribution in [0.25, 0.3) is 4.96 Å². The Kier molecular flexibility index (Phi) is 3.95. The quantitative estimate of drug-likeness (QED) is 0.706. The summed E-state index contributed by atoms with van der Waals surface area (Å²) < 4.78 is 29.2. The molecule has 2 aromatic rings. The number of carbonyl (C=O) groups excluding carboxylic acids is 1. The first-order valence-corrected chi connectivity index (χ1v) is 8.48. The number of rotatable bonds is 6. The molecule has 0 atom stereocenters. The number of sulfonamides is 1. The number of primary amides is 1. The van der Waals surface area contributed by atoms with E-state index in [0.717, 1.165) is 0 Å². The molecule has 0 aliphatic rings. The minimum Gasteiger partial charge on any atom is -0.371 e. The molecule has 0 saturated carbocycles. The maximum absolute atomic E-state index is 12.6. The fraction of sp³-hybridized carbons (Fsp3) is 0.455. The van der Waals surface area contributed by atoms with Crippen LogP contribution in [0.4, 0.5) is 5.82 Å². The number of fused-ring (bicyclic) bond motifs is 1. The number of imidazole rings is 1. The molecule has 10 heteroatoms. The Morgan fingerprint density at radius 1 is 1.52 bits per heavy atom. The molecule has 2 aromatic heterocycles. The molecule has 0 fully saturated rings. The summed E-state index contributed by atoms with van der Waals surface area (Å²) in [6.45, 7) is 3.19.